The molecule has 1 atom stereocenters. The first kappa shape index (κ1) is 22.7. The lowest BCUT2D eigenvalue weighted by Gasteiger charge is -2.25. The fraction of sp³-hybridized carbons (Fsp3) is 0.214. The number of hydrogen-bond acceptors (Lipinski definition) is 7. The minimum atomic E-state index is 0.359. The molecule has 4 aromatic rings. The maximum absolute atomic E-state index is 10.8. The standard InChI is InChI=1S/C28H28N6O/c35-33-25-12-5-11-24(18-25)31-28-29-15-14-27(32-28)22-8-4-7-21(17-22)20-34-16-6-13-26(34)19-30-23-9-2-1-3-10-23/h1-5,7-12,14-15,17-18,26,30H,6,13,16,19-20H2,(H,29,31,32). The molecule has 7 heteroatoms. The van der Waals surface area contributed by atoms with Crippen molar-refractivity contribution in [2.24, 2.45) is 5.18 Å². The summed E-state index contributed by atoms with van der Waals surface area (Å²) < 4.78 is 0. The number of rotatable bonds is 9. The number of aromatic nitrogens is 2. The Kier molecular flexibility index (Phi) is 7.05. The summed E-state index contributed by atoms with van der Waals surface area (Å²) in [6.07, 6.45) is 4.18. The Morgan fingerprint density at radius 3 is 2.69 bits per heavy atom. The summed E-state index contributed by atoms with van der Waals surface area (Å²) in [5.74, 6) is 0.475. The topological polar surface area (TPSA) is 82.5 Å². The van der Waals surface area contributed by atoms with Crippen molar-refractivity contribution in [3.8, 4) is 11.3 Å². The predicted octanol–water partition coefficient (Wildman–Crippen LogP) is 6.36. The Morgan fingerprint density at radius 2 is 1.80 bits per heavy atom. The number of para-hydroxylation sites is 1. The second-order valence-electron chi connectivity index (χ2n) is 8.75. The lowest BCUT2D eigenvalue weighted by atomic mass is 10.1. The summed E-state index contributed by atoms with van der Waals surface area (Å²) in [5, 5.41) is 9.73. The Balaban J connectivity index is 1.26. The van der Waals surface area contributed by atoms with Gasteiger partial charge in [0.1, 0.15) is 5.69 Å². The van der Waals surface area contributed by atoms with Crippen LogP contribution in [0.4, 0.5) is 23.0 Å². The maximum Gasteiger partial charge on any atom is 0.227 e. The molecule has 0 spiro atoms. The zero-order valence-electron chi connectivity index (χ0n) is 19.5. The predicted molar refractivity (Wildman–Crippen MR) is 141 cm³/mol. The van der Waals surface area contributed by atoms with Crippen LogP contribution in [0.15, 0.2) is 96.3 Å². The van der Waals surface area contributed by atoms with E-state index in [-0.39, 0.29) is 0 Å². The van der Waals surface area contributed by atoms with Crippen molar-refractivity contribution < 1.29 is 0 Å². The van der Waals surface area contributed by atoms with Crippen molar-refractivity contribution in [2.75, 3.05) is 23.7 Å². The molecule has 1 unspecified atom stereocenters. The number of nitroso groups, excluding NO2 is 1. The normalized spacial score (nSPS) is 15.6. The van der Waals surface area contributed by atoms with E-state index in [9.17, 15) is 4.91 Å². The SMILES string of the molecule is O=Nc1cccc(Nc2nccc(-c3cccc(CN4CCCC4CNc4ccccc4)c3)n2)c1. The average Bonchev–Trinajstić information content (AvgIpc) is 3.35. The third kappa shape index (κ3) is 5.88. The number of benzene rings is 3. The molecular formula is C28H28N6O. The van der Waals surface area contributed by atoms with E-state index in [4.69, 9.17) is 4.98 Å². The molecule has 7 nitrogen and oxygen atoms in total. The lowest BCUT2D eigenvalue weighted by Crippen LogP contribution is -2.34. The lowest BCUT2D eigenvalue weighted by molar-refractivity contribution is 0.254. The third-order valence-corrected chi connectivity index (χ3v) is 6.29. The van der Waals surface area contributed by atoms with Crippen molar-refractivity contribution in [3.63, 3.8) is 0 Å². The van der Waals surface area contributed by atoms with Crippen LogP contribution in [-0.4, -0.2) is 34.0 Å². The van der Waals surface area contributed by atoms with Gasteiger partial charge < -0.3 is 10.6 Å². The van der Waals surface area contributed by atoms with Gasteiger partial charge in [-0.15, -0.1) is 4.91 Å². The summed E-state index contributed by atoms with van der Waals surface area (Å²) >= 11 is 0. The minimum absolute atomic E-state index is 0.359. The zero-order valence-corrected chi connectivity index (χ0v) is 19.5. The molecule has 176 valence electrons. The molecule has 1 fully saturated rings. The van der Waals surface area contributed by atoms with Gasteiger partial charge in [-0.05, 0) is 72.6 Å². The molecule has 1 aromatic heterocycles. The van der Waals surface area contributed by atoms with Crippen LogP contribution in [0.1, 0.15) is 18.4 Å². The highest BCUT2D eigenvalue weighted by Crippen LogP contribution is 2.25. The smallest absolute Gasteiger partial charge is 0.227 e. The highest BCUT2D eigenvalue weighted by molar-refractivity contribution is 5.64. The van der Waals surface area contributed by atoms with E-state index in [0.717, 1.165) is 36.6 Å². The van der Waals surface area contributed by atoms with Gasteiger partial charge in [-0.3, -0.25) is 4.90 Å². The summed E-state index contributed by atoms with van der Waals surface area (Å²) in [6.45, 7) is 2.98. The van der Waals surface area contributed by atoms with Crippen LogP contribution in [0.25, 0.3) is 11.3 Å². The van der Waals surface area contributed by atoms with E-state index in [1.165, 1.54) is 24.1 Å². The van der Waals surface area contributed by atoms with Crippen LogP contribution >= 0.6 is 0 Å². The van der Waals surface area contributed by atoms with Crippen molar-refractivity contribution in [1.82, 2.24) is 14.9 Å². The van der Waals surface area contributed by atoms with E-state index >= 15 is 0 Å². The van der Waals surface area contributed by atoms with Gasteiger partial charge in [0.15, 0.2) is 0 Å². The molecule has 1 aliphatic rings. The van der Waals surface area contributed by atoms with Gasteiger partial charge in [0, 0.05) is 42.3 Å². The molecule has 35 heavy (non-hydrogen) atoms. The van der Waals surface area contributed by atoms with Gasteiger partial charge in [-0.25, -0.2) is 9.97 Å². The first-order valence-electron chi connectivity index (χ1n) is 11.9. The van der Waals surface area contributed by atoms with Gasteiger partial charge in [-0.2, -0.15) is 0 Å². The van der Waals surface area contributed by atoms with E-state index in [2.05, 4.69) is 74.2 Å². The summed E-state index contributed by atoms with van der Waals surface area (Å²) in [6, 6.07) is 28.3. The fourth-order valence-electron chi connectivity index (χ4n) is 4.54. The molecule has 0 amide bonds. The van der Waals surface area contributed by atoms with Gasteiger partial charge in [0.05, 0.1) is 5.69 Å². The van der Waals surface area contributed by atoms with Crippen LogP contribution in [0.3, 0.4) is 0 Å². The van der Waals surface area contributed by atoms with Gasteiger partial charge >= 0.3 is 0 Å². The number of nitrogens with one attached hydrogen (secondary N) is 2. The monoisotopic (exact) mass is 464 g/mol. The number of hydrogen-bond donors (Lipinski definition) is 2. The number of anilines is 3. The highest BCUT2D eigenvalue weighted by Gasteiger charge is 2.24. The Morgan fingerprint density at radius 1 is 0.943 bits per heavy atom. The van der Waals surface area contributed by atoms with Crippen LogP contribution in [0.2, 0.25) is 0 Å². The van der Waals surface area contributed by atoms with E-state index in [1.807, 2.05) is 18.2 Å². The molecule has 2 N–H and O–H groups in total. The molecule has 1 aliphatic heterocycles. The molecule has 0 bridgehead atoms. The van der Waals surface area contributed by atoms with E-state index < -0.39 is 0 Å². The molecule has 1 saturated heterocycles. The van der Waals surface area contributed by atoms with Gasteiger partial charge in [-0.1, -0.05) is 42.5 Å². The number of nitrogens with zero attached hydrogens (tertiary/aromatic N) is 4. The quantitative estimate of drug-likeness (QED) is 0.280. The summed E-state index contributed by atoms with van der Waals surface area (Å²) in [5.41, 5.74) is 5.41. The van der Waals surface area contributed by atoms with E-state index in [1.54, 1.807) is 24.4 Å². The Hall–Kier alpha value is -4.10. The Labute approximate surface area is 205 Å². The minimum Gasteiger partial charge on any atom is -0.383 e. The third-order valence-electron chi connectivity index (χ3n) is 6.29. The zero-order chi connectivity index (χ0) is 23.9. The molecule has 2 heterocycles. The highest BCUT2D eigenvalue weighted by atomic mass is 16.3. The average molecular weight is 465 g/mol. The van der Waals surface area contributed by atoms with Crippen molar-refractivity contribution in [2.45, 2.75) is 25.4 Å². The summed E-state index contributed by atoms with van der Waals surface area (Å²) in [7, 11) is 0. The number of likely N-dealkylation sites (tertiary alicyclic amines) is 1. The molecular weight excluding hydrogens is 436 g/mol. The van der Waals surface area contributed by atoms with Crippen LogP contribution in [0.5, 0.6) is 0 Å². The van der Waals surface area contributed by atoms with E-state index in [0.29, 0.717) is 17.7 Å². The van der Waals surface area contributed by atoms with Crippen molar-refractivity contribution in [1.29, 1.82) is 0 Å². The van der Waals surface area contributed by atoms with Crippen LogP contribution < -0.4 is 10.6 Å². The molecule has 3 aromatic carbocycles. The maximum atomic E-state index is 10.8. The molecule has 5 rings (SSSR count). The molecule has 0 radical (unpaired) electrons. The largest absolute Gasteiger partial charge is 0.383 e. The first-order valence-corrected chi connectivity index (χ1v) is 11.9. The summed E-state index contributed by atoms with van der Waals surface area (Å²) in [4.78, 5) is 22.4. The molecule has 0 saturated carbocycles. The Bertz CT molecular complexity index is 1280. The fourth-order valence-corrected chi connectivity index (χ4v) is 4.54. The first-order chi connectivity index (χ1) is 17.3. The van der Waals surface area contributed by atoms with Crippen LogP contribution in [0, 0.1) is 4.91 Å². The van der Waals surface area contributed by atoms with Gasteiger partial charge in [0.25, 0.3) is 0 Å². The molecule has 0 aliphatic carbocycles. The second kappa shape index (κ2) is 10.9. The van der Waals surface area contributed by atoms with Crippen LogP contribution in [-0.2, 0) is 6.54 Å². The van der Waals surface area contributed by atoms with Crippen molar-refractivity contribution >= 4 is 23.0 Å². The second-order valence-corrected chi connectivity index (χ2v) is 8.75. The van der Waals surface area contributed by atoms with Crippen molar-refractivity contribution in [3.05, 3.63) is 102 Å². The van der Waals surface area contributed by atoms with Gasteiger partial charge in [0.2, 0.25) is 5.95 Å².